The first-order valence-electron chi connectivity index (χ1n) is 6.31. The van der Waals surface area contributed by atoms with Gasteiger partial charge in [-0.15, -0.1) is 0 Å². The second-order valence-electron chi connectivity index (χ2n) is 5.19. The summed E-state index contributed by atoms with van der Waals surface area (Å²) in [5, 5.41) is 0. The molecular weight excluding hydrogens is 220 g/mol. The van der Waals surface area contributed by atoms with E-state index in [4.69, 9.17) is 9.47 Å². The maximum Gasteiger partial charge on any atom is 0.320 e. The zero-order valence-corrected chi connectivity index (χ0v) is 10.5. The molecule has 0 N–H and O–H groups in total. The molecule has 0 saturated heterocycles. The van der Waals surface area contributed by atoms with Crippen LogP contribution in [0.3, 0.4) is 0 Å². The third-order valence-corrected chi connectivity index (χ3v) is 4.65. The van der Waals surface area contributed by atoms with Gasteiger partial charge in [0.15, 0.2) is 5.92 Å². The van der Waals surface area contributed by atoms with Gasteiger partial charge < -0.3 is 9.47 Å². The monoisotopic (exact) mass is 240 g/mol. The molecule has 17 heavy (non-hydrogen) atoms. The maximum atomic E-state index is 11.9. The average molecular weight is 240 g/mol. The van der Waals surface area contributed by atoms with Crippen LogP contribution < -0.4 is 0 Å². The molecule has 4 heteroatoms. The van der Waals surface area contributed by atoms with Crippen LogP contribution in [0, 0.1) is 17.3 Å². The Balaban J connectivity index is 2.23. The first kappa shape index (κ1) is 12.4. The zero-order chi connectivity index (χ0) is 12.5. The molecule has 0 spiro atoms. The maximum absolute atomic E-state index is 11.9. The van der Waals surface area contributed by atoms with Gasteiger partial charge in [-0.3, -0.25) is 9.59 Å². The molecule has 2 saturated carbocycles. The largest absolute Gasteiger partial charge is 0.468 e. The molecule has 0 radical (unpaired) electrons. The number of esters is 2. The fourth-order valence-electron chi connectivity index (χ4n) is 3.30. The Kier molecular flexibility index (Phi) is 3.40. The number of rotatable bonds is 4. The number of methoxy groups -OCH3 is 2. The second kappa shape index (κ2) is 4.67. The molecule has 2 aliphatic carbocycles. The predicted octanol–water partition coefficient (Wildman–Crippen LogP) is 1.92. The lowest BCUT2D eigenvalue weighted by Gasteiger charge is -2.53. The summed E-state index contributed by atoms with van der Waals surface area (Å²) in [6, 6.07) is 0. The van der Waals surface area contributed by atoms with Crippen molar-refractivity contribution in [3.05, 3.63) is 0 Å². The SMILES string of the molecule is COC(=O)C(C(=O)OC)C1(C2CCC2)CCC1. The number of carbonyl (C=O) groups is 2. The van der Waals surface area contributed by atoms with Crippen molar-refractivity contribution in [3.8, 4) is 0 Å². The number of hydrogen-bond donors (Lipinski definition) is 0. The Morgan fingerprint density at radius 1 is 1.06 bits per heavy atom. The van der Waals surface area contributed by atoms with Crippen LogP contribution in [0.15, 0.2) is 0 Å². The van der Waals surface area contributed by atoms with Crippen molar-refractivity contribution in [2.45, 2.75) is 38.5 Å². The Morgan fingerprint density at radius 3 is 1.82 bits per heavy atom. The molecule has 0 aromatic heterocycles. The second-order valence-corrected chi connectivity index (χ2v) is 5.19. The van der Waals surface area contributed by atoms with Gasteiger partial charge in [0, 0.05) is 0 Å². The molecule has 0 bridgehead atoms. The quantitative estimate of drug-likeness (QED) is 0.556. The summed E-state index contributed by atoms with van der Waals surface area (Å²) < 4.78 is 9.59. The standard InChI is InChI=1S/C13H20O4/c1-16-11(14)10(12(15)17-2)13(7-4-8-13)9-5-3-6-9/h9-10H,3-8H2,1-2H3. The Bertz CT molecular complexity index is 299. The van der Waals surface area contributed by atoms with Crippen LogP contribution in [0.2, 0.25) is 0 Å². The minimum absolute atomic E-state index is 0.168. The van der Waals surface area contributed by atoms with Crippen molar-refractivity contribution in [2.75, 3.05) is 14.2 Å². The highest BCUT2D eigenvalue weighted by molar-refractivity contribution is 5.96. The van der Waals surface area contributed by atoms with Crippen LogP contribution in [-0.4, -0.2) is 26.2 Å². The van der Waals surface area contributed by atoms with Crippen LogP contribution in [0.4, 0.5) is 0 Å². The molecule has 2 fully saturated rings. The van der Waals surface area contributed by atoms with Crippen LogP contribution >= 0.6 is 0 Å². The number of carbonyl (C=O) groups excluding carboxylic acids is 2. The molecule has 0 aromatic carbocycles. The normalized spacial score (nSPS) is 22.5. The fraction of sp³-hybridized carbons (Fsp3) is 0.846. The first-order valence-corrected chi connectivity index (χ1v) is 6.31. The van der Waals surface area contributed by atoms with Gasteiger partial charge in [0.1, 0.15) is 0 Å². The molecule has 0 heterocycles. The zero-order valence-electron chi connectivity index (χ0n) is 10.5. The lowest BCUT2D eigenvalue weighted by Crippen LogP contribution is -2.52. The van der Waals surface area contributed by atoms with E-state index in [1.54, 1.807) is 0 Å². The summed E-state index contributed by atoms with van der Waals surface area (Å²) in [7, 11) is 2.68. The molecule has 0 atom stereocenters. The summed E-state index contributed by atoms with van der Waals surface area (Å²) in [6.45, 7) is 0. The van der Waals surface area contributed by atoms with Crippen molar-refractivity contribution < 1.29 is 19.1 Å². The Labute approximate surface area is 102 Å². The molecule has 2 aliphatic rings. The molecule has 2 rings (SSSR count). The van der Waals surface area contributed by atoms with Crippen molar-refractivity contribution in [2.24, 2.45) is 17.3 Å². The predicted molar refractivity (Wildman–Crippen MR) is 61.1 cm³/mol. The van der Waals surface area contributed by atoms with Crippen molar-refractivity contribution in [3.63, 3.8) is 0 Å². The van der Waals surface area contributed by atoms with Gasteiger partial charge in [-0.1, -0.05) is 12.8 Å². The van der Waals surface area contributed by atoms with Gasteiger partial charge >= 0.3 is 11.9 Å². The van der Waals surface area contributed by atoms with E-state index in [1.165, 1.54) is 20.6 Å². The highest BCUT2D eigenvalue weighted by Gasteiger charge is 2.57. The van der Waals surface area contributed by atoms with Gasteiger partial charge in [0.25, 0.3) is 0 Å². The van der Waals surface area contributed by atoms with Crippen molar-refractivity contribution >= 4 is 11.9 Å². The van der Waals surface area contributed by atoms with Gasteiger partial charge in [0.2, 0.25) is 0 Å². The number of hydrogen-bond acceptors (Lipinski definition) is 4. The molecule has 0 unspecified atom stereocenters. The van der Waals surface area contributed by atoms with Crippen molar-refractivity contribution in [1.82, 2.24) is 0 Å². The van der Waals surface area contributed by atoms with E-state index in [-0.39, 0.29) is 5.41 Å². The van der Waals surface area contributed by atoms with Gasteiger partial charge in [-0.2, -0.15) is 0 Å². The smallest absolute Gasteiger partial charge is 0.320 e. The van der Waals surface area contributed by atoms with E-state index in [1.807, 2.05) is 0 Å². The Morgan fingerprint density at radius 2 is 1.59 bits per heavy atom. The minimum Gasteiger partial charge on any atom is -0.468 e. The third-order valence-electron chi connectivity index (χ3n) is 4.65. The molecule has 0 aliphatic heterocycles. The van der Waals surface area contributed by atoms with Crippen molar-refractivity contribution in [1.29, 1.82) is 0 Å². The lowest BCUT2D eigenvalue weighted by atomic mass is 9.50. The summed E-state index contributed by atoms with van der Waals surface area (Å²) in [4.78, 5) is 23.7. The third kappa shape index (κ3) is 1.83. The van der Waals surface area contributed by atoms with Gasteiger partial charge in [0.05, 0.1) is 14.2 Å². The van der Waals surface area contributed by atoms with Crippen LogP contribution in [-0.2, 0) is 19.1 Å². The summed E-state index contributed by atoms with van der Waals surface area (Å²) in [5.74, 6) is -1.07. The molecule has 0 aromatic rings. The highest BCUT2D eigenvalue weighted by atomic mass is 16.5. The minimum atomic E-state index is -0.712. The molecule has 96 valence electrons. The van der Waals surface area contributed by atoms with E-state index in [2.05, 4.69) is 0 Å². The molecule has 4 nitrogen and oxygen atoms in total. The highest BCUT2D eigenvalue weighted by Crippen LogP contribution is 2.59. The first-order chi connectivity index (χ1) is 8.15. The summed E-state index contributed by atoms with van der Waals surface area (Å²) in [6.07, 6.45) is 6.47. The van der Waals surface area contributed by atoms with E-state index in [9.17, 15) is 9.59 Å². The summed E-state index contributed by atoms with van der Waals surface area (Å²) in [5.41, 5.74) is -0.168. The topological polar surface area (TPSA) is 52.6 Å². The van der Waals surface area contributed by atoms with Gasteiger partial charge in [-0.05, 0) is 37.0 Å². The summed E-state index contributed by atoms with van der Waals surface area (Å²) >= 11 is 0. The molecule has 0 amide bonds. The van der Waals surface area contributed by atoms with E-state index in [0.717, 1.165) is 32.1 Å². The van der Waals surface area contributed by atoms with Crippen LogP contribution in [0.5, 0.6) is 0 Å². The lowest BCUT2D eigenvalue weighted by molar-refractivity contribution is -0.176. The number of ether oxygens (including phenoxy) is 2. The van der Waals surface area contributed by atoms with Gasteiger partial charge in [-0.25, -0.2) is 0 Å². The fourth-order valence-corrected chi connectivity index (χ4v) is 3.30. The Hall–Kier alpha value is -1.06. The van der Waals surface area contributed by atoms with Crippen LogP contribution in [0.1, 0.15) is 38.5 Å². The van der Waals surface area contributed by atoms with E-state index < -0.39 is 17.9 Å². The average Bonchev–Trinajstić information content (AvgIpc) is 2.22. The van der Waals surface area contributed by atoms with Crippen LogP contribution in [0.25, 0.3) is 0 Å². The van der Waals surface area contributed by atoms with E-state index in [0.29, 0.717) is 5.92 Å². The van der Waals surface area contributed by atoms with E-state index >= 15 is 0 Å². The molecular formula is C13H20O4.